The molecule has 3 rings (SSSR count). The van der Waals surface area contributed by atoms with Crippen molar-refractivity contribution in [2.45, 2.75) is 38.8 Å². The molecule has 1 aliphatic heterocycles. The summed E-state index contributed by atoms with van der Waals surface area (Å²) in [6, 6.07) is 4.24. The Kier molecular flexibility index (Phi) is 5.42. The van der Waals surface area contributed by atoms with Crippen LogP contribution >= 0.6 is 0 Å². The van der Waals surface area contributed by atoms with E-state index in [-0.39, 0.29) is 24.1 Å². The zero-order chi connectivity index (χ0) is 19.8. The number of ether oxygens (including phenoxy) is 1. The number of benzene rings is 1. The molecule has 2 aliphatic rings. The SMILES string of the molecule is COc1ccc(CN(C)C(=O)C(C)N2C[C@@H]3CCC[C@@]3(C(=O)O)C2)cc1F. The zero-order valence-corrected chi connectivity index (χ0v) is 16.1. The molecule has 1 heterocycles. The number of carboxylic acids is 1. The summed E-state index contributed by atoms with van der Waals surface area (Å²) >= 11 is 0. The van der Waals surface area contributed by atoms with E-state index in [9.17, 15) is 19.1 Å². The van der Waals surface area contributed by atoms with Crippen molar-refractivity contribution in [3.8, 4) is 5.75 Å². The van der Waals surface area contributed by atoms with Crippen LogP contribution in [-0.2, 0) is 16.1 Å². The van der Waals surface area contributed by atoms with E-state index in [1.807, 2.05) is 11.8 Å². The van der Waals surface area contributed by atoms with Crippen LogP contribution in [0.25, 0.3) is 0 Å². The molecule has 0 spiro atoms. The van der Waals surface area contributed by atoms with Crippen molar-refractivity contribution in [2.24, 2.45) is 11.3 Å². The largest absolute Gasteiger partial charge is 0.494 e. The van der Waals surface area contributed by atoms with Crippen LogP contribution in [0.4, 0.5) is 4.39 Å². The second kappa shape index (κ2) is 7.46. The molecule has 1 N–H and O–H groups in total. The van der Waals surface area contributed by atoms with E-state index >= 15 is 0 Å². The number of carbonyl (C=O) groups is 2. The van der Waals surface area contributed by atoms with Gasteiger partial charge in [-0.2, -0.15) is 0 Å². The van der Waals surface area contributed by atoms with Crippen LogP contribution in [0.1, 0.15) is 31.7 Å². The number of aliphatic carboxylic acids is 1. The van der Waals surface area contributed by atoms with Crippen LogP contribution < -0.4 is 4.74 Å². The summed E-state index contributed by atoms with van der Waals surface area (Å²) in [5.41, 5.74) is -0.0247. The van der Waals surface area contributed by atoms with Gasteiger partial charge in [0.05, 0.1) is 18.6 Å². The van der Waals surface area contributed by atoms with Gasteiger partial charge in [-0.1, -0.05) is 12.5 Å². The quantitative estimate of drug-likeness (QED) is 0.823. The Hall–Kier alpha value is -2.15. The third-order valence-electron chi connectivity index (χ3n) is 6.24. The fourth-order valence-corrected chi connectivity index (χ4v) is 4.61. The smallest absolute Gasteiger partial charge is 0.311 e. The third kappa shape index (κ3) is 3.52. The number of amides is 1. The number of likely N-dealkylation sites (tertiary alicyclic amines) is 1. The number of hydrogen-bond acceptors (Lipinski definition) is 4. The number of hydrogen-bond donors (Lipinski definition) is 1. The number of methoxy groups -OCH3 is 1. The number of carboxylic acid groups (broad SMARTS) is 1. The number of fused-ring (bicyclic) bond motifs is 1. The average Bonchev–Trinajstić information content (AvgIpc) is 3.19. The Bertz CT molecular complexity index is 741. The number of halogens is 1. The van der Waals surface area contributed by atoms with Gasteiger partial charge in [0, 0.05) is 26.7 Å². The van der Waals surface area contributed by atoms with Gasteiger partial charge in [0.1, 0.15) is 0 Å². The first-order chi connectivity index (χ1) is 12.8. The molecular weight excluding hydrogens is 351 g/mol. The molecule has 1 saturated carbocycles. The number of rotatable bonds is 6. The lowest BCUT2D eigenvalue weighted by Crippen LogP contribution is -2.46. The Morgan fingerprint density at radius 2 is 2.22 bits per heavy atom. The summed E-state index contributed by atoms with van der Waals surface area (Å²) in [4.78, 5) is 28.2. The molecule has 0 bridgehead atoms. The molecule has 1 aromatic rings. The van der Waals surface area contributed by atoms with E-state index in [1.165, 1.54) is 13.2 Å². The Morgan fingerprint density at radius 3 is 2.81 bits per heavy atom. The lowest BCUT2D eigenvalue weighted by Gasteiger charge is -2.29. The maximum Gasteiger partial charge on any atom is 0.311 e. The molecule has 148 valence electrons. The molecule has 0 aromatic heterocycles. The molecule has 6 nitrogen and oxygen atoms in total. The van der Waals surface area contributed by atoms with E-state index in [4.69, 9.17) is 4.74 Å². The van der Waals surface area contributed by atoms with Gasteiger partial charge in [-0.15, -0.1) is 0 Å². The summed E-state index contributed by atoms with van der Waals surface area (Å²) < 4.78 is 18.8. The highest BCUT2D eigenvalue weighted by Gasteiger charge is 2.55. The van der Waals surface area contributed by atoms with Gasteiger partial charge in [-0.25, -0.2) is 4.39 Å². The minimum Gasteiger partial charge on any atom is -0.494 e. The van der Waals surface area contributed by atoms with E-state index in [1.54, 1.807) is 24.1 Å². The highest BCUT2D eigenvalue weighted by atomic mass is 19.1. The second-order valence-corrected chi connectivity index (χ2v) is 7.82. The first-order valence-electron chi connectivity index (χ1n) is 9.33. The first-order valence-corrected chi connectivity index (χ1v) is 9.33. The van der Waals surface area contributed by atoms with Crippen LogP contribution in [-0.4, -0.2) is 60.1 Å². The van der Waals surface area contributed by atoms with Crippen molar-refractivity contribution in [3.05, 3.63) is 29.6 Å². The summed E-state index contributed by atoms with van der Waals surface area (Å²) in [6.45, 7) is 3.17. The molecule has 1 amide bonds. The van der Waals surface area contributed by atoms with Crippen LogP contribution in [0.2, 0.25) is 0 Å². The molecule has 3 atom stereocenters. The number of nitrogens with zero attached hydrogens (tertiary/aromatic N) is 2. The predicted octanol–water partition coefficient (Wildman–Crippen LogP) is 2.37. The van der Waals surface area contributed by atoms with Gasteiger partial charge in [-0.05, 0) is 43.4 Å². The summed E-state index contributed by atoms with van der Waals surface area (Å²) in [5, 5.41) is 9.72. The maximum atomic E-state index is 13.9. The molecule has 27 heavy (non-hydrogen) atoms. The Labute approximate surface area is 158 Å². The fourth-order valence-electron chi connectivity index (χ4n) is 4.61. The van der Waals surface area contributed by atoms with Gasteiger partial charge in [0.2, 0.25) is 5.91 Å². The van der Waals surface area contributed by atoms with Crippen LogP contribution in [0.15, 0.2) is 18.2 Å². The monoisotopic (exact) mass is 378 g/mol. The minimum absolute atomic E-state index is 0.0910. The predicted molar refractivity (Wildman–Crippen MR) is 97.9 cm³/mol. The van der Waals surface area contributed by atoms with E-state index in [0.29, 0.717) is 25.1 Å². The lowest BCUT2D eigenvalue weighted by atomic mass is 9.81. The van der Waals surface area contributed by atoms with E-state index < -0.39 is 23.2 Å². The minimum atomic E-state index is -0.741. The molecule has 1 saturated heterocycles. The normalized spacial score (nSPS) is 25.9. The summed E-state index contributed by atoms with van der Waals surface area (Å²) in [7, 11) is 3.09. The molecular formula is C20H27FN2O4. The fraction of sp³-hybridized carbons (Fsp3) is 0.600. The van der Waals surface area contributed by atoms with Crippen molar-refractivity contribution >= 4 is 11.9 Å². The van der Waals surface area contributed by atoms with Crippen molar-refractivity contribution in [1.29, 1.82) is 0 Å². The topological polar surface area (TPSA) is 70.1 Å². The first kappa shape index (κ1) is 19.6. The van der Waals surface area contributed by atoms with Crippen LogP contribution in [0.3, 0.4) is 0 Å². The van der Waals surface area contributed by atoms with Gasteiger partial charge < -0.3 is 14.7 Å². The molecule has 1 unspecified atom stereocenters. The third-order valence-corrected chi connectivity index (χ3v) is 6.24. The second-order valence-electron chi connectivity index (χ2n) is 7.82. The van der Waals surface area contributed by atoms with Crippen LogP contribution in [0, 0.1) is 17.2 Å². The van der Waals surface area contributed by atoms with Gasteiger partial charge in [0.15, 0.2) is 11.6 Å². The van der Waals surface area contributed by atoms with Gasteiger partial charge >= 0.3 is 5.97 Å². The van der Waals surface area contributed by atoms with Gasteiger partial charge in [0.25, 0.3) is 0 Å². The van der Waals surface area contributed by atoms with Crippen molar-refractivity contribution in [3.63, 3.8) is 0 Å². The number of likely N-dealkylation sites (N-methyl/N-ethyl adjacent to an activating group) is 1. The standard InChI is InChI=1S/C20H27FN2O4/c1-13(23-11-15-5-4-8-20(15,12-23)19(25)26)18(24)22(2)10-14-6-7-17(27-3)16(21)9-14/h6-7,9,13,15H,4-5,8,10-12H2,1-3H3,(H,25,26)/t13?,15-,20+/m0/s1. The number of carbonyl (C=O) groups excluding carboxylic acids is 1. The highest BCUT2D eigenvalue weighted by Crippen LogP contribution is 2.49. The molecule has 1 aliphatic carbocycles. The Morgan fingerprint density at radius 1 is 1.48 bits per heavy atom. The molecule has 0 radical (unpaired) electrons. The van der Waals surface area contributed by atoms with E-state index in [0.717, 1.165) is 12.8 Å². The van der Waals surface area contributed by atoms with E-state index in [2.05, 4.69) is 0 Å². The molecule has 7 heteroatoms. The van der Waals surface area contributed by atoms with Crippen LogP contribution in [0.5, 0.6) is 5.75 Å². The van der Waals surface area contributed by atoms with Gasteiger partial charge in [-0.3, -0.25) is 14.5 Å². The van der Waals surface area contributed by atoms with Crippen molar-refractivity contribution in [2.75, 3.05) is 27.2 Å². The summed E-state index contributed by atoms with van der Waals surface area (Å²) in [5.74, 6) is -1.00. The maximum absolute atomic E-state index is 13.9. The molecule has 1 aromatic carbocycles. The zero-order valence-electron chi connectivity index (χ0n) is 16.1. The lowest BCUT2D eigenvalue weighted by molar-refractivity contribution is -0.150. The van der Waals surface area contributed by atoms with Crippen molar-refractivity contribution < 1.29 is 23.8 Å². The van der Waals surface area contributed by atoms with Crippen molar-refractivity contribution in [1.82, 2.24) is 9.80 Å². The summed E-state index contributed by atoms with van der Waals surface area (Å²) in [6.07, 6.45) is 2.53. The Balaban J connectivity index is 1.65. The highest BCUT2D eigenvalue weighted by molar-refractivity contribution is 5.82. The molecule has 2 fully saturated rings. The average molecular weight is 378 g/mol.